The zero-order valence-electron chi connectivity index (χ0n) is 12.5. The molecule has 0 bridgehead atoms. The summed E-state index contributed by atoms with van der Waals surface area (Å²) < 4.78 is 31.7. The highest BCUT2D eigenvalue weighted by molar-refractivity contribution is 7.88. The number of sulfonamides is 1. The molecule has 124 valence electrons. The molecule has 0 saturated heterocycles. The van der Waals surface area contributed by atoms with Gasteiger partial charge >= 0.3 is 0 Å². The van der Waals surface area contributed by atoms with E-state index in [4.69, 9.17) is 16.0 Å². The Morgan fingerprint density at radius 1 is 1.26 bits per heavy atom. The van der Waals surface area contributed by atoms with Crippen LogP contribution in [0.1, 0.15) is 18.2 Å². The number of benzene rings is 1. The van der Waals surface area contributed by atoms with Crippen molar-refractivity contribution in [2.45, 2.75) is 25.3 Å². The van der Waals surface area contributed by atoms with E-state index in [9.17, 15) is 13.2 Å². The molecule has 0 saturated carbocycles. The minimum absolute atomic E-state index is 0.197. The summed E-state index contributed by atoms with van der Waals surface area (Å²) in [5.41, 5.74) is 0.477. The van der Waals surface area contributed by atoms with Gasteiger partial charge in [0.25, 0.3) is 0 Å². The molecule has 2 rings (SSSR count). The first-order chi connectivity index (χ1) is 10.9. The minimum atomic E-state index is -3.69. The summed E-state index contributed by atoms with van der Waals surface area (Å²) >= 11 is 5.95. The molecule has 0 aliphatic rings. The van der Waals surface area contributed by atoms with Gasteiger partial charge in [-0.2, -0.15) is 0 Å². The average molecular weight is 357 g/mol. The van der Waals surface area contributed by atoms with Gasteiger partial charge in [-0.25, -0.2) is 13.1 Å². The van der Waals surface area contributed by atoms with Gasteiger partial charge in [-0.05, 0) is 30.7 Å². The molecule has 6 nitrogen and oxygen atoms in total. The van der Waals surface area contributed by atoms with Crippen molar-refractivity contribution >= 4 is 27.5 Å². The lowest BCUT2D eigenvalue weighted by Crippen LogP contribution is -2.44. The van der Waals surface area contributed by atoms with Gasteiger partial charge in [0.1, 0.15) is 5.76 Å². The van der Waals surface area contributed by atoms with Gasteiger partial charge in [-0.1, -0.05) is 29.8 Å². The van der Waals surface area contributed by atoms with Crippen LogP contribution in [0.3, 0.4) is 0 Å². The van der Waals surface area contributed by atoms with Crippen LogP contribution in [0.5, 0.6) is 0 Å². The molecule has 2 N–H and O–H groups in total. The summed E-state index contributed by atoms with van der Waals surface area (Å²) in [6.45, 7) is 1.67. The van der Waals surface area contributed by atoms with E-state index in [0.29, 0.717) is 16.3 Å². The maximum absolute atomic E-state index is 12.1. The lowest BCUT2D eigenvalue weighted by Gasteiger charge is -2.14. The number of hydrogen-bond donors (Lipinski definition) is 2. The highest BCUT2D eigenvalue weighted by atomic mass is 35.5. The SMILES string of the molecule is C[C@@H](NS(=O)(=O)Cc1ccccc1Cl)C(=O)NCc1ccco1. The zero-order chi connectivity index (χ0) is 16.9. The van der Waals surface area contributed by atoms with Crippen molar-refractivity contribution in [1.29, 1.82) is 0 Å². The van der Waals surface area contributed by atoms with Crippen molar-refractivity contribution in [2.75, 3.05) is 0 Å². The molecule has 0 spiro atoms. The maximum Gasteiger partial charge on any atom is 0.238 e. The Balaban J connectivity index is 1.91. The first-order valence-corrected chi connectivity index (χ1v) is 8.94. The molecule has 2 aromatic rings. The first kappa shape index (κ1) is 17.5. The Labute approximate surface area is 139 Å². The van der Waals surface area contributed by atoms with E-state index in [2.05, 4.69) is 10.0 Å². The van der Waals surface area contributed by atoms with Crippen LogP contribution in [-0.2, 0) is 27.1 Å². The van der Waals surface area contributed by atoms with E-state index < -0.39 is 22.0 Å². The molecule has 1 atom stereocenters. The predicted octanol–water partition coefficient (Wildman–Crippen LogP) is 2.06. The van der Waals surface area contributed by atoms with Gasteiger partial charge in [0, 0.05) is 5.02 Å². The molecule has 0 fully saturated rings. The van der Waals surface area contributed by atoms with Crippen LogP contribution in [0.4, 0.5) is 0 Å². The standard InChI is InChI=1S/C15H17ClN2O4S/c1-11(15(19)17-9-13-6-4-8-22-13)18-23(20,21)10-12-5-2-3-7-14(12)16/h2-8,11,18H,9-10H2,1H3,(H,17,19)/t11-/m1/s1. The van der Waals surface area contributed by atoms with Crippen LogP contribution in [0.2, 0.25) is 5.02 Å². The predicted molar refractivity (Wildman–Crippen MR) is 87.2 cm³/mol. The second-order valence-corrected chi connectivity index (χ2v) is 7.15. The molecule has 0 unspecified atom stereocenters. The van der Waals surface area contributed by atoms with Crippen molar-refractivity contribution < 1.29 is 17.6 Å². The largest absolute Gasteiger partial charge is 0.467 e. The quantitative estimate of drug-likeness (QED) is 0.794. The Bertz CT molecular complexity index is 760. The molecule has 23 heavy (non-hydrogen) atoms. The first-order valence-electron chi connectivity index (χ1n) is 6.91. The summed E-state index contributed by atoms with van der Waals surface area (Å²) in [4.78, 5) is 11.9. The second-order valence-electron chi connectivity index (χ2n) is 4.99. The fraction of sp³-hybridized carbons (Fsp3) is 0.267. The lowest BCUT2D eigenvalue weighted by atomic mass is 10.2. The summed E-state index contributed by atoms with van der Waals surface area (Å²) in [6.07, 6.45) is 1.50. The molecule has 1 heterocycles. The van der Waals surface area contributed by atoms with E-state index in [1.54, 1.807) is 36.4 Å². The number of furan rings is 1. The highest BCUT2D eigenvalue weighted by Crippen LogP contribution is 2.17. The number of amides is 1. The Hall–Kier alpha value is -1.83. The Morgan fingerprint density at radius 3 is 2.65 bits per heavy atom. The summed E-state index contributed by atoms with van der Waals surface area (Å²) in [5, 5.41) is 2.97. The fourth-order valence-corrected chi connectivity index (χ4v) is 3.60. The third-order valence-corrected chi connectivity index (χ3v) is 4.84. The number of carbonyl (C=O) groups is 1. The molecule has 1 amide bonds. The van der Waals surface area contributed by atoms with Gasteiger partial charge in [-0.3, -0.25) is 4.79 Å². The third-order valence-electron chi connectivity index (χ3n) is 3.07. The number of halogens is 1. The normalized spacial score (nSPS) is 12.8. The Kier molecular flexibility index (Phi) is 5.81. The smallest absolute Gasteiger partial charge is 0.238 e. The van der Waals surface area contributed by atoms with Crippen LogP contribution >= 0.6 is 11.6 Å². The van der Waals surface area contributed by atoms with Crippen molar-refractivity contribution in [3.8, 4) is 0 Å². The number of hydrogen-bond acceptors (Lipinski definition) is 4. The second kappa shape index (κ2) is 7.63. The van der Waals surface area contributed by atoms with Gasteiger partial charge in [0.05, 0.1) is 24.6 Å². The van der Waals surface area contributed by atoms with Gasteiger partial charge < -0.3 is 9.73 Å². The molecular formula is C15H17ClN2O4S. The van der Waals surface area contributed by atoms with Crippen LogP contribution in [-0.4, -0.2) is 20.4 Å². The van der Waals surface area contributed by atoms with E-state index >= 15 is 0 Å². The van der Waals surface area contributed by atoms with E-state index in [-0.39, 0.29) is 12.3 Å². The van der Waals surface area contributed by atoms with Crippen molar-refractivity contribution in [3.63, 3.8) is 0 Å². The van der Waals surface area contributed by atoms with Crippen LogP contribution < -0.4 is 10.0 Å². The molecule has 0 aliphatic carbocycles. The van der Waals surface area contributed by atoms with E-state index in [0.717, 1.165) is 0 Å². The monoisotopic (exact) mass is 356 g/mol. The number of carbonyl (C=O) groups excluding carboxylic acids is 1. The van der Waals surface area contributed by atoms with Gasteiger partial charge in [0.2, 0.25) is 15.9 Å². The lowest BCUT2D eigenvalue weighted by molar-refractivity contribution is -0.122. The topological polar surface area (TPSA) is 88.4 Å². The minimum Gasteiger partial charge on any atom is -0.467 e. The number of nitrogens with one attached hydrogen (secondary N) is 2. The molecular weight excluding hydrogens is 340 g/mol. The number of rotatable bonds is 7. The summed E-state index contributed by atoms with van der Waals surface area (Å²) in [7, 11) is -3.69. The highest BCUT2D eigenvalue weighted by Gasteiger charge is 2.21. The molecule has 1 aromatic heterocycles. The van der Waals surface area contributed by atoms with Crippen LogP contribution in [0, 0.1) is 0 Å². The average Bonchev–Trinajstić information content (AvgIpc) is 2.99. The van der Waals surface area contributed by atoms with E-state index in [1.807, 2.05) is 0 Å². The van der Waals surface area contributed by atoms with E-state index in [1.165, 1.54) is 13.2 Å². The van der Waals surface area contributed by atoms with Crippen molar-refractivity contribution in [2.24, 2.45) is 0 Å². The summed E-state index contributed by atoms with van der Waals surface area (Å²) in [6, 6.07) is 9.18. The summed E-state index contributed by atoms with van der Waals surface area (Å²) in [5.74, 6) is -0.142. The molecule has 1 aromatic carbocycles. The van der Waals surface area contributed by atoms with Crippen LogP contribution in [0.15, 0.2) is 47.1 Å². The van der Waals surface area contributed by atoms with Crippen molar-refractivity contribution in [3.05, 3.63) is 59.0 Å². The molecule has 8 heteroatoms. The third kappa shape index (κ3) is 5.38. The van der Waals surface area contributed by atoms with Gasteiger partial charge in [-0.15, -0.1) is 0 Å². The van der Waals surface area contributed by atoms with Crippen LogP contribution in [0.25, 0.3) is 0 Å². The molecule has 0 aliphatic heterocycles. The zero-order valence-corrected chi connectivity index (χ0v) is 14.0. The maximum atomic E-state index is 12.1. The fourth-order valence-electron chi connectivity index (χ4n) is 1.93. The van der Waals surface area contributed by atoms with Crippen molar-refractivity contribution in [1.82, 2.24) is 10.0 Å². The molecule has 0 radical (unpaired) electrons. The Morgan fingerprint density at radius 2 is 2.00 bits per heavy atom. The van der Waals surface area contributed by atoms with Gasteiger partial charge in [0.15, 0.2) is 0 Å².